The zero-order valence-electron chi connectivity index (χ0n) is 7.56. The van der Waals surface area contributed by atoms with Crippen LogP contribution < -0.4 is 0 Å². The van der Waals surface area contributed by atoms with Crippen LogP contribution in [0.1, 0.15) is 11.1 Å². The molecule has 0 saturated carbocycles. The molecule has 0 bridgehead atoms. The first kappa shape index (κ1) is 10.2. The maximum Gasteiger partial charge on any atom is 0.308 e. The van der Waals surface area contributed by atoms with Crippen LogP contribution >= 0.6 is 0 Å². The summed E-state index contributed by atoms with van der Waals surface area (Å²) in [5, 5.41) is 19.1. The molecule has 0 aromatic heterocycles. The van der Waals surface area contributed by atoms with Crippen LogP contribution in [0.5, 0.6) is 0 Å². The van der Waals surface area contributed by atoms with Crippen LogP contribution in [0.3, 0.4) is 0 Å². The number of nitro groups is 1. The number of carbonyl (C=O) groups is 1. The highest BCUT2D eigenvalue weighted by Gasteiger charge is 2.15. The number of carboxylic acids is 1. The maximum absolute atomic E-state index is 10.5. The zero-order chi connectivity index (χ0) is 10.7. The van der Waals surface area contributed by atoms with E-state index in [2.05, 4.69) is 0 Å². The summed E-state index contributed by atoms with van der Waals surface area (Å²) in [4.78, 5) is 20.4. The molecule has 0 fully saturated rings. The van der Waals surface area contributed by atoms with Crippen LogP contribution in [0.25, 0.3) is 0 Å². The molecule has 0 saturated heterocycles. The highest BCUT2D eigenvalue weighted by atomic mass is 16.6. The lowest BCUT2D eigenvalue weighted by Crippen LogP contribution is -2.03. The van der Waals surface area contributed by atoms with Crippen molar-refractivity contribution < 1.29 is 14.8 Å². The molecule has 5 heteroatoms. The third kappa shape index (κ3) is 2.29. The molecule has 0 aliphatic heterocycles. The predicted molar refractivity (Wildman–Crippen MR) is 49.2 cm³/mol. The molecule has 0 amide bonds. The summed E-state index contributed by atoms with van der Waals surface area (Å²) in [6.45, 7) is 1.76. The normalized spacial score (nSPS) is 9.79. The molecule has 0 aliphatic rings. The number of hydrogen-bond acceptors (Lipinski definition) is 3. The van der Waals surface area contributed by atoms with Gasteiger partial charge < -0.3 is 5.11 Å². The number of nitro benzene ring substituents is 1. The van der Waals surface area contributed by atoms with E-state index in [1.807, 2.05) is 0 Å². The Morgan fingerprint density at radius 1 is 1.57 bits per heavy atom. The largest absolute Gasteiger partial charge is 0.481 e. The van der Waals surface area contributed by atoms with Crippen molar-refractivity contribution >= 4 is 11.7 Å². The summed E-state index contributed by atoms with van der Waals surface area (Å²) < 4.78 is 0. The summed E-state index contributed by atoms with van der Waals surface area (Å²) >= 11 is 0. The Morgan fingerprint density at radius 3 is 2.71 bits per heavy atom. The van der Waals surface area contributed by atoms with Gasteiger partial charge in [-0.1, -0.05) is 11.6 Å². The van der Waals surface area contributed by atoms with Crippen LogP contribution in [-0.2, 0) is 11.2 Å². The molecule has 0 unspecified atom stereocenters. The number of carboxylic acid groups (broad SMARTS) is 1. The molecule has 1 rings (SSSR count). The number of nitrogens with zero attached hydrogens (tertiary/aromatic N) is 1. The molecular formula is C9H9NO4. The van der Waals surface area contributed by atoms with E-state index in [1.54, 1.807) is 13.0 Å². The molecule has 0 spiro atoms. The van der Waals surface area contributed by atoms with E-state index in [1.165, 1.54) is 12.1 Å². The molecule has 0 radical (unpaired) electrons. The Hall–Kier alpha value is -1.91. The summed E-state index contributed by atoms with van der Waals surface area (Å²) in [7, 11) is 0. The van der Waals surface area contributed by atoms with Gasteiger partial charge in [0.05, 0.1) is 11.3 Å². The summed E-state index contributed by atoms with van der Waals surface area (Å²) in [6.07, 6.45) is -0.321. The van der Waals surface area contributed by atoms with E-state index < -0.39 is 10.9 Å². The van der Waals surface area contributed by atoms with E-state index in [-0.39, 0.29) is 17.7 Å². The Bertz CT molecular complexity index is 386. The monoisotopic (exact) mass is 195 g/mol. The second-order valence-electron chi connectivity index (χ2n) is 2.96. The second-order valence-corrected chi connectivity index (χ2v) is 2.96. The van der Waals surface area contributed by atoms with Crippen molar-refractivity contribution in [2.24, 2.45) is 0 Å². The molecule has 0 heterocycles. The molecule has 1 aromatic carbocycles. The molecular weight excluding hydrogens is 186 g/mol. The Labute approximate surface area is 80.1 Å². The molecule has 74 valence electrons. The van der Waals surface area contributed by atoms with Crippen LogP contribution in [0.4, 0.5) is 5.69 Å². The third-order valence-corrected chi connectivity index (χ3v) is 1.77. The van der Waals surface area contributed by atoms with Crippen LogP contribution in [0, 0.1) is 17.0 Å². The van der Waals surface area contributed by atoms with Gasteiger partial charge in [0.15, 0.2) is 0 Å². The maximum atomic E-state index is 10.5. The second kappa shape index (κ2) is 3.87. The van der Waals surface area contributed by atoms with Gasteiger partial charge in [-0.3, -0.25) is 14.9 Å². The first-order chi connectivity index (χ1) is 6.50. The van der Waals surface area contributed by atoms with E-state index in [9.17, 15) is 14.9 Å². The first-order valence-corrected chi connectivity index (χ1v) is 3.96. The van der Waals surface area contributed by atoms with E-state index in [0.29, 0.717) is 0 Å². The summed E-state index contributed by atoms with van der Waals surface area (Å²) in [6, 6.07) is 4.43. The molecule has 1 N–H and O–H groups in total. The number of rotatable bonds is 3. The van der Waals surface area contributed by atoms with Gasteiger partial charge in [-0.05, 0) is 13.0 Å². The predicted octanol–water partition coefficient (Wildman–Crippen LogP) is 1.53. The summed E-state index contributed by atoms with van der Waals surface area (Å²) in [5.41, 5.74) is 0.910. The van der Waals surface area contributed by atoms with Gasteiger partial charge in [0.2, 0.25) is 0 Å². The van der Waals surface area contributed by atoms with Gasteiger partial charge in [-0.25, -0.2) is 0 Å². The van der Waals surface area contributed by atoms with Crippen LogP contribution in [0.15, 0.2) is 18.2 Å². The fourth-order valence-corrected chi connectivity index (χ4v) is 1.20. The lowest BCUT2D eigenvalue weighted by Gasteiger charge is -2.00. The molecule has 0 aliphatic carbocycles. The first-order valence-electron chi connectivity index (χ1n) is 3.96. The Morgan fingerprint density at radius 2 is 2.21 bits per heavy atom. The molecule has 0 atom stereocenters. The van der Waals surface area contributed by atoms with Crippen molar-refractivity contribution in [2.75, 3.05) is 0 Å². The third-order valence-electron chi connectivity index (χ3n) is 1.77. The van der Waals surface area contributed by atoms with Crippen LogP contribution in [0.2, 0.25) is 0 Å². The van der Waals surface area contributed by atoms with Gasteiger partial charge in [0, 0.05) is 11.6 Å². The van der Waals surface area contributed by atoms with Crippen molar-refractivity contribution in [2.45, 2.75) is 13.3 Å². The number of aryl methyl sites for hydroxylation is 1. The number of aliphatic carboxylic acids is 1. The van der Waals surface area contributed by atoms with Crippen molar-refractivity contribution in [3.63, 3.8) is 0 Å². The van der Waals surface area contributed by atoms with E-state index in [0.717, 1.165) is 5.56 Å². The summed E-state index contributed by atoms with van der Waals surface area (Å²) in [5.74, 6) is -1.07. The van der Waals surface area contributed by atoms with E-state index >= 15 is 0 Å². The molecule has 14 heavy (non-hydrogen) atoms. The van der Waals surface area contributed by atoms with Gasteiger partial charge >= 0.3 is 5.97 Å². The van der Waals surface area contributed by atoms with Gasteiger partial charge in [0.1, 0.15) is 0 Å². The minimum absolute atomic E-state index is 0.141. The lowest BCUT2D eigenvalue weighted by molar-refractivity contribution is -0.385. The quantitative estimate of drug-likeness (QED) is 0.585. The zero-order valence-corrected chi connectivity index (χ0v) is 7.56. The minimum atomic E-state index is -1.07. The average Bonchev–Trinajstić information content (AvgIpc) is 2.01. The number of benzene rings is 1. The highest BCUT2D eigenvalue weighted by Crippen LogP contribution is 2.20. The smallest absolute Gasteiger partial charge is 0.308 e. The SMILES string of the molecule is Cc1ccc([N+](=O)[O-])c(CC(=O)O)c1. The lowest BCUT2D eigenvalue weighted by atomic mass is 10.1. The molecule has 1 aromatic rings. The van der Waals surface area contributed by atoms with Crippen LogP contribution in [-0.4, -0.2) is 16.0 Å². The topological polar surface area (TPSA) is 80.4 Å². The van der Waals surface area contributed by atoms with Crippen molar-refractivity contribution in [3.05, 3.63) is 39.4 Å². The number of hydrogen-bond donors (Lipinski definition) is 1. The fourth-order valence-electron chi connectivity index (χ4n) is 1.20. The van der Waals surface area contributed by atoms with Gasteiger partial charge in [-0.2, -0.15) is 0 Å². The fraction of sp³-hybridized carbons (Fsp3) is 0.222. The highest BCUT2D eigenvalue weighted by molar-refractivity contribution is 5.72. The standard InChI is InChI=1S/C9H9NO4/c1-6-2-3-8(10(13)14)7(4-6)5-9(11)12/h2-4H,5H2,1H3,(H,11,12). The minimum Gasteiger partial charge on any atom is -0.481 e. The molecule has 5 nitrogen and oxygen atoms in total. The average molecular weight is 195 g/mol. The van der Waals surface area contributed by atoms with Crippen molar-refractivity contribution in [1.82, 2.24) is 0 Å². The Kier molecular flexibility index (Phi) is 2.81. The van der Waals surface area contributed by atoms with Gasteiger partial charge in [0.25, 0.3) is 5.69 Å². The Balaban J connectivity index is 3.15. The van der Waals surface area contributed by atoms with Crippen molar-refractivity contribution in [3.8, 4) is 0 Å². The van der Waals surface area contributed by atoms with Crippen molar-refractivity contribution in [1.29, 1.82) is 0 Å². The van der Waals surface area contributed by atoms with Gasteiger partial charge in [-0.15, -0.1) is 0 Å². The van der Waals surface area contributed by atoms with E-state index in [4.69, 9.17) is 5.11 Å².